The molecule has 2 aromatic carbocycles. The third-order valence-corrected chi connectivity index (χ3v) is 7.75. The van der Waals surface area contributed by atoms with Crippen LogP contribution < -0.4 is 5.43 Å². The van der Waals surface area contributed by atoms with Crippen LogP contribution in [0.2, 0.25) is 0 Å². The highest BCUT2D eigenvalue weighted by molar-refractivity contribution is 7.21. The third-order valence-electron chi connectivity index (χ3n) is 6.70. The molecule has 0 saturated carbocycles. The van der Waals surface area contributed by atoms with Gasteiger partial charge in [0.25, 0.3) is 0 Å². The predicted octanol–water partition coefficient (Wildman–Crippen LogP) is 6.02. The summed E-state index contributed by atoms with van der Waals surface area (Å²) in [5.74, 6) is 0.797. The summed E-state index contributed by atoms with van der Waals surface area (Å²) >= 11 is 1.50. The Morgan fingerprint density at radius 1 is 1.28 bits per heavy atom. The summed E-state index contributed by atoms with van der Waals surface area (Å²) in [7, 11) is 0. The maximum absolute atomic E-state index is 13.7. The van der Waals surface area contributed by atoms with Gasteiger partial charge < -0.3 is 9.52 Å². The summed E-state index contributed by atoms with van der Waals surface area (Å²) in [4.78, 5) is 20.8. The molecule has 0 amide bonds. The van der Waals surface area contributed by atoms with Gasteiger partial charge in [0.1, 0.15) is 22.1 Å². The van der Waals surface area contributed by atoms with E-state index >= 15 is 0 Å². The molecule has 4 aromatic rings. The van der Waals surface area contributed by atoms with E-state index in [1.165, 1.54) is 17.8 Å². The van der Waals surface area contributed by atoms with Gasteiger partial charge in [-0.15, -0.1) is 11.3 Å². The van der Waals surface area contributed by atoms with Gasteiger partial charge >= 0.3 is 0 Å². The fourth-order valence-corrected chi connectivity index (χ4v) is 5.85. The Balaban J connectivity index is 1.71. The van der Waals surface area contributed by atoms with Crippen molar-refractivity contribution in [1.82, 2.24) is 9.88 Å². The summed E-state index contributed by atoms with van der Waals surface area (Å²) in [6.45, 7) is 7.62. The molecule has 3 heterocycles. The maximum Gasteiger partial charge on any atom is 0.203 e. The number of hydrogen-bond acceptors (Lipinski definition) is 6. The number of piperidine rings is 1. The minimum Gasteiger partial charge on any atom is -0.507 e. The smallest absolute Gasteiger partial charge is 0.203 e. The average molecular weight is 449 g/mol. The number of phenols is 1. The average Bonchev–Trinajstić information content (AvgIpc) is 3.20. The predicted molar refractivity (Wildman–Crippen MR) is 131 cm³/mol. The fourth-order valence-electron chi connectivity index (χ4n) is 4.79. The van der Waals surface area contributed by atoms with Crippen LogP contribution in [0.5, 0.6) is 5.75 Å². The van der Waals surface area contributed by atoms with Crippen molar-refractivity contribution in [3.8, 4) is 16.3 Å². The number of likely N-dealkylation sites (tertiary alicyclic amines) is 1. The molecule has 1 atom stereocenters. The minimum atomic E-state index is -0.0783. The van der Waals surface area contributed by atoms with Crippen LogP contribution >= 0.6 is 11.3 Å². The van der Waals surface area contributed by atoms with Gasteiger partial charge in [0.2, 0.25) is 5.43 Å². The summed E-state index contributed by atoms with van der Waals surface area (Å²) in [5.41, 5.74) is 3.33. The van der Waals surface area contributed by atoms with E-state index in [0.29, 0.717) is 46.3 Å². The second kappa shape index (κ2) is 8.34. The normalized spacial score (nSPS) is 17.4. The molecule has 1 unspecified atom stereocenters. The van der Waals surface area contributed by atoms with Crippen LogP contribution in [0.25, 0.3) is 31.8 Å². The van der Waals surface area contributed by atoms with Crippen LogP contribution in [-0.4, -0.2) is 27.6 Å². The minimum absolute atomic E-state index is 0.0783. The Morgan fingerprint density at radius 3 is 2.84 bits per heavy atom. The van der Waals surface area contributed by atoms with Gasteiger partial charge in [-0.1, -0.05) is 25.5 Å². The zero-order valence-electron chi connectivity index (χ0n) is 18.8. The van der Waals surface area contributed by atoms with Crippen LogP contribution in [0.15, 0.2) is 39.5 Å². The number of aromatic nitrogens is 1. The Kier molecular flexibility index (Phi) is 5.51. The number of fused-ring (bicyclic) bond motifs is 2. The molecule has 1 aliphatic rings. The van der Waals surface area contributed by atoms with Gasteiger partial charge in [0.05, 0.1) is 26.7 Å². The number of benzene rings is 2. The largest absolute Gasteiger partial charge is 0.507 e. The van der Waals surface area contributed by atoms with Crippen molar-refractivity contribution in [3.63, 3.8) is 0 Å². The maximum atomic E-state index is 13.7. The number of thiazole rings is 1. The highest BCUT2D eigenvalue weighted by atomic mass is 32.1. The number of hydrogen-bond donors (Lipinski definition) is 1. The zero-order valence-corrected chi connectivity index (χ0v) is 19.6. The molecule has 0 radical (unpaired) electrons. The van der Waals surface area contributed by atoms with Crippen LogP contribution in [0.3, 0.4) is 0 Å². The molecule has 5 nitrogen and oxygen atoms in total. The lowest BCUT2D eigenvalue weighted by Crippen LogP contribution is -2.36. The Hall–Kier alpha value is -2.70. The molecule has 1 N–H and O–H groups in total. The number of para-hydroxylation sites is 1. The Labute approximate surface area is 191 Å². The van der Waals surface area contributed by atoms with Crippen molar-refractivity contribution >= 4 is 32.5 Å². The molecule has 1 aliphatic heterocycles. The number of nitrogens with zero attached hydrogens (tertiary/aromatic N) is 2. The van der Waals surface area contributed by atoms with Gasteiger partial charge in [-0.05, 0) is 63.4 Å². The molecular formula is C26H28N2O3S. The van der Waals surface area contributed by atoms with E-state index in [-0.39, 0.29) is 11.2 Å². The summed E-state index contributed by atoms with van der Waals surface area (Å²) in [6.07, 6.45) is 4.19. The van der Waals surface area contributed by atoms with Crippen molar-refractivity contribution in [1.29, 1.82) is 0 Å². The second-order valence-electron chi connectivity index (χ2n) is 8.76. The van der Waals surface area contributed by atoms with Crippen molar-refractivity contribution in [2.45, 2.75) is 59.0 Å². The van der Waals surface area contributed by atoms with E-state index < -0.39 is 0 Å². The molecule has 1 saturated heterocycles. The van der Waals surface area contributed by atoms with E-state index in [2.05, 4.69) is 11.8 Å². The van der Waals surface area contributed by atoms with Crippen LogP contribution in [-0.2, 0) is 13.0 Å². The molecular weight excluding hydrogens is 420 g/mol. The first-order valence-corrected chi connectivity index (χ1v) is 12.2. The first kappa shape index (κ1) is 21.2. The van der Waals surface area contributed by atoms with Gasteiger partial charge in [0, 0.05) is 12.6 Å². The lowest BCUT2D eigenvalue weighted by Gasteiger charge is -2.33. The molecule has 166 valence electrons. The van der Waals surface area contributed by atoms with E-state index in [1.54, 1.807) is 6.07 Å². The highest BCUT2D eigenvalue weighted by Crippen LogP contribution is 2.37. The highest BCUT2D eigenvalue weighted by Gasteiger charge is 2.25. The van der Waals surface area contributed by atoms with Crippen LogP contribution in [0.1, 0.15) is 50.0 Å². The molecule has 32 heavy (non-hydrogen) atoms. The molecule has 1 fully saturated rings. The summed E-state index contributed by atoms with van der Waals surface area (Å²) < 4.78 is 7.34. The number of aromatic hydroxyl groups is 1. The van der Waals surface area contributed by atoms with Gasteiger partial charge in [-0.2, -0.15) is 0 Å². The first-order chi connectivity index (χ1) is 15.5. The summed E-state index contributed by atoms with van der Waals surface area (Å²) in [6, 6.07) is 10.1. The van der Waals surface area contributed by atoms with E-state index in [1.807, 2.05) is 38.1 Å². The quantitative estimate of drug-likeness (QED) is 0.413. The monoisotopic (exact) mass is 448 g/mol. The molecule has 0 aliphatic carbocycles. The molecule has 0 bridgehead atoms. The second-order valence-corrected chi connectivity index (χ2v) is 9.79. The van der Waals surface area contributed by atoms with Crippen molar-refractivity contribution < 1.29 is 9.52 Å². The standard InChI is InChI=1S/C26H28N2O3S/c1-4-17-13-18-24(30)22(26-27-20-10-5-6-11-21(20)32-26)16(3)31-25(18)19(23(17)29)14-28-12-8-7-9-15(28)2/h5-6,10-11,13,15,29H,4,7-9,12,14H2,1-3H3. The fraction of sp³-hybridized carbons (Fsp3) is 0.385. The summed E-state index contributed by atoms with van der Waals surface area (Å²) in [5, 5.41) is 12.3. The third kappa shape index (κ3) is 3.51. The number of aryl methyl sites for hydroxylation is 2. The topological polar surface area (TPSA) is 66.6 Å². The molecule has 5 rings (SSSR count). The SMILES string of the molecule is CCc1cc2c(=O)c(-c3nc4ccccc4s3)c(C)oc2c(CN2CCCCC2C)c1O. The van der Waals surface area contributed by atoms with Crippen LogP contribution in [0, 0.1) is 6.92 Å². The zero-order chi connectivity index (χ0) is 22.4. The Bertz CT molecular complexity index is 1340. The van der Waals surface area contributed by atoms with Crippen LogP contribution in [0.4, 0.5) is 0 Å². The molecule has 2 aromatic heterocycles. The number of rotatable bonds is 4. The lowest BCUT2D eigenvalue weighted by molar-refractivity contribution is 0.151. The molecule has 6 heteroatoms. The van der Waals surface area contributed by atoms with Gasteiger partial charge in [-0.25, -0.2) is 4.98 Å². The van der Waals surface area contributed by atoms with Crippen molar-refractivity contribution in [3.05, 3.63) is 57.4 Å². The molecule has 0 spiro atoms. The van der Waals surface area contributed by atoms with Crippen molar-refractivity contribution in [2.24, 2.45) is 0 Å². The van der Waals surface area contributed by atoms with Crippen molar-refractivity contribution in [2.75, 3.05) is 6.54 Å². The van der Waals surface area contributed by atoms with Gasteiger partial charge in [-0.3, -0.25) is 9.69 Å². The van der Waals surface area contributed by atoms with E-state index in [4.69, 9.17) is 9.40 Å². The lowest BCUT2D eigenvalue weighted by atomic mass is 9.98. The van der Waals surface area contributed by atoms with E-state index in [0.717, 1.165) is 40.7 Å². The van der Waals surface area contributed by atoms with Gasteiger partial charge in [0.15, 0.2) is 0 Å². The first-order valence-electron chi connectivity index (χ1n) is 11.4. The number of phenolic OH excluding ortho intramolecular Hbond substituents is 1. The Morgan fingerprint density at radius 2 is 2.09 bits per heavy atom. The van der Waals surface area contributed by atoms with E-state index in [9.17, 15) is 9.90 Å².